The van der Waals surface area contributed by atoms with Crippen LogP contribution in [0.4, 0.5) is 0 Å². The molecule has 1 aromatic rings. The highest BCUT2D eigenvalue weighted by atomic mass is 127. The van der Waals surface area contributed by atoms with Gasteiger partial charge in [0.1, 0.15) is 0 Å². The second-order valence-corrected chi connectivity index (χ2v) is 6.98. The fourth-order valence-corrected chi connectivity index (χ4v) is 2.53. The highest BCUT2D eigenvalue weighted by Crippen LogP contribution is 2.10. The Morgan fingerprint density at radius 2 is 1.91 bits per heavy atom. The number of guanidine groups is 1. The molecule has 0 bridgehead atoms. The van der Waals surface area contributed by atoms with Gasteiger partial charge in [0.2, 0.25) is 10.0 Å². The molecule has 0 amide bonds. The van der Waals surface area contributed by atoms with Crippen LogP contribution in [0.25, 0.3) is 0 Å². The minimum atomic E-state index is -3.12. The first-order valence-electron chi connectivity index (χ1n) is 7.13. The Labute approximate surface area is 155 Å². The molecule has 0 aliphatic carbocycles. The van der Waals surface area contributed by atoms with Gasteiger partial charge in [-0.15, -0.1) is 24.0 Å². The summed E-state index contributed by atoms with van der Waals surface area (Å²) >= 11 is 0. The monoisotopic (exact) mass is 458 g/mol. The van der Waals surface area contributed by atoms with Crippen molar-refractivity contribution in [2.24, 2.45) is 12.0 Å². The fraction of sp³-hybridized carbons (Fsp3) is 0.692. The molecule has 1 rings (SSSR count). The van der Waals surface area contributed by atoms with E-state index in [4.69, 9.17) is 0 Å². The summed E-state index contributed by atoms with van der Waals surface area (Å²) in [6.45, 7) is 5.70. The van der Waals surface area contributed by atoms with Crippen LogP contribution >= 0.6 is 24.0 Å². The maximum Gasteiger partial charge on any atom is 0.208 e. The molecule has 0 fully saturated rings. The molecule has 3 N–H and O–H groups in total. The van der Waals surface area contributed by atoms with E-state index >= 15 is 0 Å². The van der Waals surface area contributed by atoms with Crippen LogP contribution in [0.5, 0.6) is 0 Å². The number of aryl methyl sites for hydroxylation is 2. The minimum Gasteiger partial charge on any atom is -0.356 e. The van der Waals surface area contributed by atoms with Gasteiger partial charge in [-0.3, -0.25) is 9.67 Å². The summed E-state index contributed by atoms with van der Waals surface area (Å²) in [5.41, 5.74) is 3.28. The second kappa shape index (κ2) is 10.1. The lowest BCUT2D eigenvalue weighted by molar-refractivity contribution is 0.584. The van der Waals surface area contributed by atoms with Gasteiger partial charge in [-0.05, 0) is 20.3 Å². The summed E-state index contributed by atoms with van der Waals surface area (Å²) in [6, 6.07) is 0. The molecule has 10 heteroatoms. The number of sulfonamides is 1. The van der Waals surface area contributed by atoms with Crippen LogP contribution < -0.4 is 15.4 Å². The van der Waals surface area contributed by atoms with E-state index in [-0.39, 0.29) is 24.0 Å². The third-order valence-corrected chi connectivity index (χ3v) is 4.05. The highest BCUT2D eigenvalue weighted by Gasteiger charge is 2.09. The largest absolute Gasteiger partial charge is 0.356 e. The predicted molar refractivity (Wildman–Crippen MR) is 104 cm³/mol. The van der Waals surface area contributed by atoms with Crippen molar-refractivity contribution in [1.82, 2.24) is 25.1 Å². The third-order valence-electron chi connectivity index (χ3n) is 3.33. The molecule has 1 heterocycles. The molecule has 134 valence electrons. The van der Waals surface area contributed by atoms with E-state index < -0.39 is 10.0 Å². The Morgan fingerprint density at radius 3 is 2.39 bits per heavy atom. The number of rotatable bonds is 7. The van der Waals surface area contributed by atoms with Gasteiger partial charge in [0.05, 0.1) is 11.9 Å². The van der Waals surface area contributed by atoms with Crippen molar-refractivity contribution in [3.63, 3.8) is 0 Å². The van der Waals surface area contributed by atoms with Gasteiger partial charge >= 0.3 is 0 Å². The number of aliphatic imine (C=N–C) groups is 1. The standard InChI is InChI=1S/C13H26N6O2S.HI/c1-10-12(11(2)19(4)18-10)9-16-13(14-3)15-7-6-8-17-22(5,20)21;/h17H,6-9H2,1-5H3,(H2,14,15,16);1H. The van der Waals surface area contributed by atoms with Crippen LogP contribution in [0.3, 0.4) is 0 Å². The van der Waals surface area contributed by atoms with Crippen LogP contribution in [-0.2, 0) is 23.6 Å². The summed E-state index contributed by atoms with van der Waals surface area (Å²) < 4.78 is 26.2. The molecule has 1 aromatic heterocycles. The van der Waals surface area contributed by atoms with E-state index in [0.29, 0.717) is 32.0 Å². The fourth-order valence-electron chi connectivity index (χ4n) is 2.02. The smallest absolute Gasteiger partial charge is 0.208 e. The van der Waals surface area contributed by atoms with E-state index in [1.165, 1.54) is 0 Å². The van der Waals surface area contributed by atoms with E-state index in [1.807, 2.05) is 25.6 Å². The van der Waals surface area contributed by atoms with Gasteiger partial charge in [0.25, 0.3) is 0 Å². The van der Waals surface area contributed by atoms with Crippen molar-refractivity contribution in [2.75, 3.05) is 26.4 Å². The number of nitrogens with one attached hydrogen (secondary N) is 3. The van der Waals surface area contributed by atoms with Crippen LogP contribution in [-0.4, -0.2) is 50.6 Å². The maximum atomic E-state index is 10.9. The predicted octanol–water partition coefficient (Wildman–Crippen LogP) is 0.259. The number of halogens is 1. The van der Waals surface area contributed by atoms with Crippen molar-refractivity contribution in [2.45, 2.75) is 26.8 Å². The van der Waals surface area contributed by atoms with Crippen LogP contribution in [0.1, 0.15) is 23.4 Å². The molecular weight excluding hydrogens is 431 g/mol. The van der Waals surface area contributed by atoms with Crippen LogP contribution in [0.15, 0.2) is 4.99 Å². The first-order valence-corrected chi connectivity index (χ1v) is 9.02. The molecule has 8 nitrogen and oxygen atoms in total. The topological polar surface area (TPSA) is 100 Å². The maximum absolute atomic E-state index is 10.9. The molecule has 0 spiro atoms. The van der Waals surface area contributed by atoms with Crippen molar-refractivity contribution in [1.29, 1.82) is 0 Å². The van der Waals surface area contributed by atoms with E-state index in [9.17, 15) is 8.42 Å². The SMILES string of the molecule is CN=C(NCCCNS(C)(=O)=O)NCc1c(C)nn(C)c1C.I. The first kappa shape index (κ1) is 22.1. The van der Waals surface area contributed by atoms with E-state index in [0.717, 1.165) is 23.2 Å². The molecule has 0 aliphatic rings. The average Bonchev–Trinajstić information content (AvgIpc) is 2.66. The normalized spacial score (nSPS) is 12.0. The van der Waals surface area contributed by atoms with Gasteiger partial charge in [-0.25, -0.2) is 13.1 Å². The van der Waals surface area contributed by atoms with Gasteiger partial charge in [0, 0.05) is 45.0 Å². The first-order chi connectivity index (χ1) is 10.2. The lowest BCUT2D eigenvalue weighted by Gasteiger charge is -2.12. The lowest BCUT2D eigenvalue weighted by Crippen LogP contribution is -2.38. The molecule has 0 saturated carbocycles. The van der Waals surface area contributed by atoms with Crippen molar-refractivity contribution >= 4 is 40.0 Å². The summed E-state index contributed by atoms with van der Waals surface area (Å²) in [5, 5.41) is 10.8. The third kappa shape index (κ3) is 7.97. The molecule has 23 heavy (non-hydrogen) atoms. The van der Waals surface area contributed by atoms with Gasteiger partial charge in [0.15, 0.2) is 5.96 Å². The number of nitrogens with zero attached hydrogens (tertiary/aromatic N) is 3. The van der Waals surface area contributed by atoms with Crippen molar-refractivity contribution < 1.29 is 8.42 Å². The van der Waals surface area contributed by atoms with Gasteiger partial charge in [-0.1, -0.05) is 0 Å². The number of hydrogen-bond acceptors (Lipinski definition) is 4. The minimum absolute atomic E-state index is 0. The zero-order chi connectivity index (χ0) is 16.8. The van der Waals surface area contributed by atoms with E-state index in [1.54, 1.807) is 7.05 Å². The van der Waals surface area contributed by atoms with Gasteiger partial charge in [-0.2, -0.15) is 5.10 Å². The van der Waals surface area contributed by atoms with Gasteiger partial charge < -0.3 is 10.6 Å². The van der Waals surface area contributed by atoms with Crippen molar-refractivity contribution in [3.8, 4) is 0 Å². The Hall–Kier alpha value is -0.880. The summed E-state index contributed by atoms with van der Waals surface area (Å²) in [5.74, 6) is 0.682. The summed E-state index contributed by atoms with van der Waals surface area (Å²) in [7, 11) is 0.509. The zero-order valence-electron chi connectivity index (χ0n) is 14.3. The molecule has 0 unspecified atom stereocenters. The molecule has 0 aromatic carbocycles. The quantitative estimate of drug-likeness (QED) is 0.236. The Bertz CT molecular complexity index is 627. The van der Waals surface area contributed by atoms with E-state index in [2.05, 4.69) is 25.4 Å². The Balaban J connectivity index is 0.00000484. The Morgan fingerprint density at radius 1 is 1.26 bits per heavy atom. The number of aromatic nitrogens is 2. The molecule has 0 atom stereocenters. The summed E-state index contributed by atoms with van der Waals surface area (Å²) in [4.78, 5) is 4.14. The van der Waals surface area contributed by atoms with Crippen LogP contribution in [0.2, 0.25) is 0 Å². The molecule has 0 radical (unpaired) electrons. The number of hydrogen-bond donors (Lipinski definition) is 3. The van der Waals surface area contributed by atoms with Crippen molar-refractivity contribution in [3.05, 3.63) is 17.0 Å². The average molecular weight is 458 g/mol. The molecule has 0 saturated heterocycles. The lowest BCUT2D eigenvalue weighted by atomic mass is 10.2. The summed E-state index contributed by atoms with van der Waals surface area (Å²) in [6.07, 6.45) is 1.83. The highest BCUT2D eigenvalue weighted by molar-refractivity contribution is 14.0. The molecule has 0 aliphatic heterocycles. The van der Waals surface area contributed by atoms with Crippen LogP contribution in [0, 0.1) is 13.8 Å². The Kier molecular flexibility index (Phi) is 9.70. The zero-order valence-corrected chi connectivity index (χ0v) is 17.4. The molecular formula is C13H27IN6O2S. The second-order valence-electron chi connectivity index (χ2n) is 5.15.